The molecule has 0 radical (unpaired) electrons. The average molecular weight is 346 g/mol. The van der Waals surface area contributed by atoms with Gasteiger partial charge in [-0.1, -0.05) is 53.8 Å². The van der Waals surface area contributed by atoms with Crippen molar-refractivity contribution < 1.29 is 4.79 Å². The van der Waals surface area contributed by atoms with E-state index in [1.165, 1.54) is 0 Å². The predicted octanol–water partition coefficient (Wildman–Crippen LogP) is 3.96. The highest BCUT2D eigenvalue weighted by atomic mass is 32.1. The zero-order valence-electron chi connectivity index (χ0n) is 13.2. The Morgan fingerprint density at radius 2 is 1.88 bits per heavy atom. The van der Waals surface area contributed by atoms with Crippen molar-refractivity contribution in [1.29, 1.82) is 0 Å². The summed E-state index contributed by atoms with van der Waals surface area (Å²) >= 11 is 1.56. The molecule has 1 aliphatic rings. The fourth-order valence-electron chi connectivity index (χ4n) is 3.30. The molecular formula is C19H14N4OS. The highest BCUT2D eigenvalue weighted by molar-refractivity contribution is 7.20. The number of benzene rings is 2. The second-order valence-corrected chi connectivity index (χ2v) is 7.05. The maximum atomic E-state index is 12.3. The molecule has 1 atom stereocenters. The van der Waals surface area contributed by atoms with Gasteiger partial charge in [-0.3, -0.25) is 4.79 Å². The molecule has 5 nitrogen and oxygen atoms in total. The summed E-state index contributed by atoms with van der Waals surface area (Å²) in [6.07, 6.45) is 2.28. The van der Waals surface area contributed by atoms with Gasteiger partial charge in [0.1, 0.15) is 5.82 Å². The Labute approximate surface area is 147 Å². The van der Waals surface area contributed by atoms with Gasteiger partial charge in [0.05, 0.1) is 16.4 Å². The SMILES string of the molecule is O=C1CC(c2ccccc2)c2cnn(-c3nc4ccccc4s3)c2N1. The number of nitrogens with one attached hydrogen (secondary N) is 1. The number of amides is 1. The van der Waals surface area contributed by atoms with Crippen LogP contribution in [0.1, 0.15) is 23.5 Å². The molecule has 0 fully saturated rings. The maximum absolute atomic E-state index is 12.3. The smallest absolute Gasteiger partial charge is 0.226 e. The van der Waals surface area contributed by atoms with Crippen LogP contribution >= 0.6 is 11.3 Å². The van der Waals surface area contributed by atoms with Gasteiger partial charge in [0.15, 0.2) is 0 Å². The second kappa shape index (κ2) is 5.53. The van der Waals surface area contributed by atoms with Gasteiger partial charge in [-0.25, -0.2) is 4.98 Å². The Morgan fingerprint density at radius 3 is 2.72 bits per heavy atom. The molecular weight excluding hydrogens is 332 g/mol. The third-order valence-corrected chi connectivity index (χ3v) is 5.50. The van der Waals surface area contributed by atoms with Gasteiger partial charge >= 0.3 is 0 Å². The highest BCUT2D eigenvalue weighted by Gasteiger charge is 2.30. The first-order valence-electron chi connectivity index (χ1n) is 8.08. The Kier molecular flexibility index (Phi) is 3.18. The number of anilines is 1. The molecule has 4 aromatic rings. The number of hydrogen-bond acceptors (Lipinski definition) is 4. The maximum Gasteiger partial charge on any atom is 0.226 e. The van der Waals surface area contributed by atoms with Gasteiger partial charge in [0.25, 0.3) is 0 Å². The molecule has 1 unspecified atom stereocenters. The molecule has 1 amide bonds. The first-order valence-corrected chi connectivity index (χ1v) is 8.90. The Bertz CT molecular complexity index is 1050. The lowest BCUT2D eigenvalue weighted by Gasteiger charge is -2.23. The van der Waals surface area contributed by atoms with E-state index >= 15 is 0 Å². The quantitative estimate of drug-likeness (QED) is 0.598. The fourth-order valence-corrected chi connectivity index (χ4v) is 4.23. The van der Waals surface area contributed by atoms with E-state index in [1.54, 1.807) is 16.0 Å². The number of carbonyl (C=O) groups is 1. The van der Waals surface area contributed by atoms with Crippen LogP contribution in [0, 0.1) is 0 Å². The van der Waals surface area contributed by atoms with E-state index in [0.29, 0.717) is 6.42 Å². The molecule has 1 N–H and O–H groups in total. The van der Waals surface area contributed by atoms with E-state index < -0.39 is 0 Å². The molecule has 0 spiro atoms. The summed E-state index contributed by atoms with van der Waals surface area (Å²) in [6.45, 7) is 0. The van der Waals surface area contributed by atoms with E-state index in [-0.39, 0.29) is 11.8 Å². The fraction of sp³-hybridized carbons (Fsp3) is 0.105. The zero-order valence-corrected chi connectivity index (χ0v) is 14.0. The van der Waals surface area contributed by atoms with Crippen molar-refractivity contribution in [3.63, 3.8) is 0 Å². The van der Waals surface area contributed by atoms with Crippen molar-refractivity contribution in [2.45, 2.75) is 12.3 Å². The summed E-state index contributed by atoms with van der Waals surface area (Å²) < 4.78 is 2.84. The number of carbonyl (C=O) groups excluding carboxylic acids is 1. The molecule has 25 heavy (non-hydrogen) atoms. The number of aromatic nitrogens is 3. The number of thiazole rings is 1. The van der Waals surface area contributed by atoms with E-state index in [0.717, 1.165) is 32.3 Å². The van der Waals surface area contributed by atoms with Gasteiger partial charge < -0.3 is 5.32 Å². The van der Waals surface area contributed by atoms with Crippen LogP contribution in [0.15, 0.2) is 60.8 Å². The number of hydrogen-bond donors (Lipinski definition) is 1. The van der Waals surface area contributed by atoms with Crippen LogP contribution in [0.5, 0.6) is 0 Å². The van der Waals surface area contributed by atoms with Crippen LogP contribution in [-0.2, 0) is 4.79 Å². The lowest BCUT2D eigenvalue weighted by atomic mass is 9.87. The molecule has 122 valence electrons. The molecule has 2 aromatic carbocycles. The predicted molar refractivity (Wildman–Crippen MR) is 98.3 cm³/mol. The van der Waals surface area contributed by atoms with Gasteiger partial charge in [0, 0.05) is 17.9 Å². The normalized spacial score (nSPS) is 16.6. The number of rotatable bonds is 2. The number of nitrogens with zero attached hydrogens (tertiary/aromatic N) is 3. The van der Waals surface area contributed by atoms with Crippen molar-refractivity contribution in [2.75, 3.05) is 5.32 Å². The Morgan fingerprint density at radius 1 is 1.08 bits per heavy atom. The molecule has 2 aromatic heterocycles. The topological polar surface area (TPSA) is 59.8 Å². The van der Waals surface area contributed by atoms with Gasteiger partial charge in [-0.2, -0.15) is 9.78 Å². The van der Waals surface area contributed by atoms with Gasteiger partial charge in [-0.15, -0.1) is 0 Å². The summed E-state index contributed by atoms with van der Waals surface area (Å²) in [5.41, 5.74) is 3.10. The van der Waals surface area contributed by atoms with Crippen molar-refractivity contribution in [1.82, 2.24) is 14.8 Å². The standard InChI is InChI=1S/C19H14N4OS/c24-17-10-13(12-6-2-1-3-7-12)14-11-20-23(18(14)22-17)19-21-15-8-4-5-9-16(15)25-19/h1-9,11,13H,10H2,(H,22,24). The summed E-state index contributed by atoms with van der Waals surface area (Å²) in [7, 11) is 0. The van der Waals surface area contributed by atoms with Crippen molar-refractivity contribution in [3.05, 3.63) is 71.9 Å². The van der Waals surface area contributed by atoms with E-state index in [9.17, 15) is 4.79 Å². The molecule has 6 heteroatoms. The van der Waals surface area contributed by atoms with Crippen LogP contribution in [-0.4, -0.2) is 20.7 Å². The minimum absolute atomic E-state index is 0.00390. The van der Waals surface area contributed by atoms with Crippen LogP contribution in [0.25, 0.3) is 15.3 Å². The minimum atomic E-state index is 0.00390. The van der Waals surface area contributed by atoms with E-state index in [2.05, 4.69) is 27.5 Å². The van der Waals surface area contributed by atoms with Crippen molar-refractivity contribution in [3.8, 4) is 5.13 Å². The molecule has 0 saturated carbocycles. The van der Waals surface area contributed by atoms with Crippen LogP contribution in [0.4, 0.5) is 5.82 Å². The highest BCUT2D eigenvalue weighted by Crippen LogP contribution is 2.38. The van der Waals surface area contributed by atoms with Gasteiger partial charge in [0.2, 0.25) is 11.0 Å². The average Bonchev–Trinajstić information content (AvgIpc) is 3.25. The molecule has 1 aliphatic heterocycles. The third kappa shape index (κ3) is 2.34. The molecule has 5 rings (SSSR count). The van der Waals surface area contributed by atoms with Crippen molar-refractivity contribution in [2.24, 2.45) is 0 Å². The van der Waals surface area contributed by atoms with Crippen molar-refractivity contribution >= 4 is 33.3 Å². The summed E-state index contributed by atoms with van der Waals surface area (Å²) in [5, 5.41) is 8.26. The molecule has 3 heterocycles. The summed E-state index contributed by atoms with van der Waals surface area (Å²) in [5.74, 6) is 0.751. The molecule has 0 aliphatic carbocycles. The summed E-state index contributed by atoms with van der Waals surface area (Å²) in [4.78, 5) is 16.9. The van der Waals surface area contributed by atoms with Crippen LogP contribution in [0.3, 0.4) is 0 Å². The number of fused-ring (bicyclic) bond motifs is 2. The monoisotopic (exact) mass is 346 g/mol. The van der Waals surface area contributed by atoms with Gasteiger partial charge in [-0.05, 0) is 17.7 Å². The second-order valence-electron chi connectivity index (χ2n) is 6.04. The lowest BCUT2D eigenvalue weighted by Crippen LogP contribution is -2.24. The molecule has 0 saturated heterocycles. The number of para-hydroxylation sites is 1. The largest absolute Gasteiger partial charge is 0.310 e. The minimum Gasteiger partial charge on any atom is -0.310 e. The first-order chi connectivity index (χ1) is 12.3. The third-order valence-electron chi connectivity index (χ3n) is 4.49. The van der Waals surface area contributed by atoms with E-state index in [1.807, 2.05) is 48.7 Å². The lowest BCUT2D eigenvalue weighted by molar-refractivity contribution is -0.116. The Hall–Kier alpha value is -2.99. The van der Waals surface area contributed by atoms with Crippen LogP contribution in [0.2, 0.25) is 0 Å². The van der Waals surface area contributed by atoms with Crippen LogP contribution < -0.4 is 5.32 Å². The summed E-state index contributed by atoms with van der Waals surface area (Å²) in [6, 6.07) is 18.1. The molecule has 0 bridgehead atoms. The van der Waals surface area contributed by atoms with E-state index in [4.69, 9.17) is 0 Å². The zero-order chi connectivity index (χ0) is 16.8. The Balaban J connectivity index is 1.65. The first kappa shape index (κ1) is 14.4.